The van der Waals surface area contributed by atoms with Crippen molar-refractivity contribution in [2.45, 2.75) is 44.7 Å². The zero-order valence-electron chi connectivity index (χ0n) is 14.5. The minimum Gasteiger partial charge on any atom is -0.368 e. The molecule has 4 N–H and O–H groups in total. The smallest absolute Gasteiger partial charge is 0.325 e. The average molecular weight is 362 g/mol. The maximum absolute atomic E-state index is 12.8. The monoisotopic (exact) mass is 362 g/mol. The number of rotatable bonds is 5. The summed E-state index contributed by atoms with van der Waals surface area (Å²) in [5.74, 6) is -1.38. The van der Waals surface area contributed by atoms with Crippen molar-refractivity contribution in [3.05, 3.63) is 12.4 Å². The summed E-state index contributed by atoms with van der Waals surface area (Å²) < 4.78 is 1.28. The van der Waals surface area contributed by atoms with E-state index in [-0.39, 0.29) is 24.9 Å². The number of aromatic nitrogens is 2. The van der Waals surface area contributed by atoms with Crippen LogP contribution in [0.25, 0.3) is 0 Å². The first-order valence-corrected chi connectivity index (χ1v) is 8.56. The Bertz CT molecular complexity index is 760. The van der Waals surface area contributed by atoms with E-state index in [1.54, 1.807) is 0 Å². The summed E-state index contributed by atoms with van der Waals surface area (Å²) in [6.07, 6.45) is 6.16. The number of nitrogens with two attached hydrogens (primary N) is 1. The van der Waals surface area contributed by atoms with E-state index in [2.05, 4.69) is 15.7 Å². The highest BCUT2D eigenvalue weighted by molar-refractivity contribution is 6.10. The molecule has 0 aromatic carbocycles. The van der Waals surface area contributed by atoms with E-state index in [1.165, 1.54) is 17.1 Å². The molecule has 2 unspecified atom stereocenters. The molecule has 2 atom stereocenters. The van der Waals surface area contributed by atoms with Crippen LogP contribution in [0.4, 0.5) is 10.5 Å². The molecule has 0 bridgehead atoms. The van der Waals surface area contributed by atoms with Crippen LogP contribution >= 0.6 is 0 Å². The highest BCUT2D eigenvalue weighted by atomic mass is 16.2. The first kappa shape index (κ1) is 17.9. The van der Waals surface area contributed by atoms with E-state index >= 15 is 0 Å². The fourth-order valence-corrected chi connectivity index (χ4v) is 3.66. The van der Waals surface area contributed by atoms with E-state index in [0.717, 1.165) is 24.2 Å². The van der Waals surface area contributed by atoms with E-state index in [1.807, 2.05) is 6.92 Å². The molecule has 1 saturated carbocycles. The Morgan fingerprint density at radius 3 is 2.85 bits per heavy atom. The van der Waals surface area contributed by atoms with Crippen LogP contribution in [0.5, 0.6) is 0 Å². The average Bonchev–Trinajstić information content (AvgIpc) is 3.08. The first-order chi connectivity index (χ1) is 12.3. The van der Waals surface area contributed by atoms with Gasteiger partial charge in [0.2, 0.25) is 11.8 Å². The molecule has 1 spiro atoms. The van der Waals surface area contributed by atoms with E-state index in [9.17, 15) is 19.2 Å². The van der Waals surface area contributed by atoms with Crippen LogP contribution in [0, 0.1) is 5.92 Å². The van der Waals surface area contributed by atoms with E-state index < -0.39 is 23.4 Å². The number of carbonyl (C=O) groups is 4. The van der Waals surface area contributed by atoms with Gasteiger partial charge in [-0.25, -0.2) is 4.79 Å². The molecule has 2 fully saturated rings. The Morgan fingerprint density at radius 1 is 1.38 bits per heavy atom. The molecule has 26 heavy (non-hydrogen) atoms. The molecule has 2 aliphatic rings. The van der Waals surface area contributed by atoms with Crippen molar-refractivity contribution < 1.29 is 19.2 Å². The lowest BCUT2D eigenvalue weighted by Crippen LogP contribution is -2.54. The summed E-state index contributed by atoms with van der Waals surface area (Å²) in [5, 5.41) is 9.25. The van der Waals surface area contributed by atoms with E-state index in [4.69, 9.17) is 5.73 Å². The number of nitrogens with zero attached hydrogens (tertiary/aromatic N) is 3. The Morgan fingerprint density at radius 2 is 2.15 bits per heavy atom. The largest absolute Gasteiger partial charge is 0.368 e. The molecular weight excluding hydrogens is 340 g/mol. The van der Waals surface area contributed by atoms with Crippen molar-refractivity contribution in [1.82, 2.24) is 20.0 Å². The molecule has 2 heterocycles. The van der Waals surface area contributed by atoms with Gasteiger partial charge in [-0.15, -0.1) is 0 Å². The van der Waals surface area contributed by atoms with Gasteiger partial charge < -0.3 is 16.4 Å². The molecule has 3 rings (SSSR count). The van der Waals surface area contributed by atoms with Crippen LogP contribution in [-0.4, -0.2) is 50.5 Å². The highest BCUT2D eigenvalue weighted by Gasteiger charge is 2.55. The first-order valence-electron chi connectivity index (χ1n) is 8.56. The van der Waals surface area contributed by atoms with Gasteiger partial charge in [-0.05, 0) is 18.8 Å². The van der Waals surface area contributed by atoms with Crippen LogP contribution in [0.3, 0.4) is 0 Å². The number of urea groups is 1. The lowest BCUT2D eigenvalue weighted by atomic mass is 9.73. The van der Waals surface area contributed by atoms with Gasteiger partial charge in [0.1, 0.15) is 18.6 Å². The second kappa shape index (κ2) is 6.77. The maximum Gasteiger partial charge on any atom is 0.325 e. The van der Waals surface area contributed by atoms with Crippen LogP contribution < -0.4 is 16.4 Å². The van der Waals surface area contributed by atoms with Gasteiger partial charge in [0.05, 0.1) is 11.9 Å². The topological polar surface area (TPSA) is 139 Å². The molecule has 1 saturated heterocycles. The zero-order valence-corrected chi connectivity index (χ0v) is 14.5. The van der Waals surface area contributed by atoms with Crippen molar-refractivity contribution in [3.63, 3.8) is 0 Å². The fourth-order valence-electron chi connectivity index (χ4n) is 3.66. The SMILES string of the molecule is CC1CCCCC12NC(=O)N(CC(=O)Nc1cnn(CC(N)=O)c1)C2=O. The number of nitrogens with one attached hydrogen (secondary N) is 2. The molecule has 0 radical (unpaired) electrons. The van der Waals surface area contributed by atoms with Gasteiger partial charge >= 0.3 is 6.03 Å². The number of anilines is 1. The number of carbonyl (C=O) groups excluding carboxylic acids is 4. The Balaban J connectivity index is 1.64. The van der Waals surface area contributed by atoms with Crippen molar-refractivity contribution in [1.29, 1.82) is 0 Å². The van der Waals surface area contributed by atoms with Crippen molar-refractivity contribution in [2.24, 2.45) is 11.7 Å². The summed E-state index contributed by atoms with van der Waals surface area (Å²) >= 11 is 0. The molecular formula is C16H22N6O4. The molecule has 1 aliphatic heterocycles. The fraction of sp³-hybridized carbons (Fsp3) is 0.562. The third-order valence-electron chi connectivity index (χ3n) is 5.04. The Labute approximate surface area is 150 Å². The van der Waals surface area contributed by atoms with E-state index in [0.29, 0.717) is 12.1 Å². The predicted octanol–water partition coefficient (Wildman–Crippen LogP) is -0.192. The molecule has 10 nitrogen and oxygen atoms in total. The number of amides is 5. The maximum atomic E-state index is 12.8. The quantitative estimate of drug-likeness (QED) is 0.623. The number of primary amides is 1. The minimum atomic E-state index is -0.887. The number of imide groups is 1. The lowest BCUT2D eigenvalue weighted by molar-refractivity contribution is -0.136. The van der Waals surface area contributed by atoms with Crippen LogP contribution in [0.2, 0.25) is 0 Å². The van der Waals surface area contributed by atoms with Gasteiger partial charge in [0.15, 0.2) is 0 Å². The van der Waals surface area contributed by atoms with Crippen LogP contribution in [0.1, 0.15) is 32.6 Å². The Hall–Kier alpha value is -2.91. The van der Waals surface area contributed by atoms with Crippen molar-refractivity contribution in [2.75, 3.05) is 11.9 Å². The normalized spacial score (nSPS) is 25.4. The third kappa shape index (κ3) is 3.26. The van der Waals surface area contributed by atoms with Gasteiger partial charge in [-0.2, -0.15) is 5.10 Å². The second-order valence-corrected chi connectivity index (χ2v) is 6.88. The highest BCUT2D eigenvalue weighted by Crippen LogP contribution is 2.38. The summed E-state index contributed by atoms with van der Waals surface area (Å²) in [6, 6.07) is -0.539. The van der Waals surface area contributed by atoms with Gasteiger partial charge in [0, 0.05) is 6.20 Å². The standard InChI is InChI=1S/C16H22N6O4/c1-10-4-2-3-5-16(10)14(25)22(15(26)20-16)9-13(24)19-11-6-18-21(7-11)8-12(17)23/h6-7,10H,2-5,8-9H2,1H3,(H2,17,23)(H,19,24)(H,20,26). The summed E-state index contributed by atoms with van der Waals surface area (Å²) in [6.45, 7) is 1.47. The van der Waals surface area contributed by atoms with Crippen LogP contribution in [0.15, 0.2) is 12.4 Å². The molecule has 1 aromatic heterocycles. The molecule has 1 aliphatic carbocycles. The molecule has 10 heteroatoms. The molecule has 140 valence electrons. The lowest BCUT2D eigenvalue weighted by Gasteiger charge is -2.36. The molecule has 1 aromatic rings. The molecule has 5 amide bonds. The van der Waals surface area contributed by atoms with Crippen molar-refractivity contribution in [3.8, 4) is 0 Å². The van der Waals surface area contributed by atoms with Gasteiger partial charge in [0.25, 0.3) is 5.91 Å². The van der Waals surface area contributed by atoms with Crippen LogP contribution in [-0.2, 0) is 20.9 Å². The van der Waals surface area contributed by atoms with Gasteiger partial charge in [-0.3, -0.25) is 24.0 Å². The van der Waals surface area contributed by atoms with Gasteiger partial charge in [-0.1, -0.05) is 19.8 Å². The number of hydrogen-bond donors (Lipinski definition) is 3. The predicted molar refractivity (Wildman–Crippen MR) is 90.7 cm³/mol. The summed E-state index contributed by atoms with van der Waals surface area (Å²) in [5.41, 5.74) is 4.54. The number of hydrogen-bond acceptors (Lipinski definition) is 5. The second-order valence-electron chi connectivity index (χ2n) is 6.88. The zero-order chi connectivity index (χ0) is 18.9. The minimum absolute atomic E-state index is 0.0350. The summed E-state index contributed by atoms with van der Waals surface area (Å²) in [7, 11) is 0. The third-order valence-corrected chi connectivity index (χ3v) is 5.04. The summed E-state index contributed by atoms with van der Waals surface area (Å²) in [4.78, 5) is 49.1. The van der Waals surface area contributed by atoms with Crippen molar-refractivity contribution >= 4 is 29.4 Å². The Kier molecular flexibility index (Phi) is 4.66.